The van der Waals surface area contributed by atoms with Gasteiger partial charge in [-0.15, -0.1) is 0 Å². The molecule has 1 aliphatic heterocycles. The first-order valence-electron chi connectivity index (χ1n) is 6.17. The fraction of sp³-hybridized carbons (Fsp3) is 0.833. The van der Waals surface area contributed by atoms with Crippen molar-refractivity contribution < 1.29 is 32.6 Å². The number of carboxylic acid groups (broad SMARTS) is 1. The topological polar surface area (TPSA) is 66.8 Å². The number of carboxylic acids is 1. The molecule has 1 rings (SSSR count). The van der Waals surface area contributed by atoms with Gasteiger partial charge in [-0.2, -0.15) is 13.2 Å². The number of carbonyl (C=O) groups excluding carboxylic acids is 1. The van der Waals surface area contributed by atoms with E-state index in [1.807, 2.05) is 0 Å². The Morgan fingerprint density at radius 1 is 1.30 bits per heavy atom. The SMILES string of the molecule is C[C@@H]1CN(C(=O)CC(C)(C)C(F)(F)F)CC(C(=O)O)O1. The molecule has 1 N–H and O–H groups in total. The van der Waals surface area contributed by atoms with Crippen molar-refractivity contribution in [1.29, 1.82) is 0 Å². The molecule has 0 bridgehead atoms. The molecule has 1 fully saturated rings. The summed E-state index contributed by atoms with van der Waals surface area (Å²) in [5, 5.41) is 8.87. The summed E-state index contributed by atoms with van der Waals surface area (Å²) >= 11 is 0. The van der Waals surface area contributed by atoms with E-state index in [1.165, 1.54) is 0 Å². The van der Waals surface area contributed by atoms with E-state index in [0.29, 0.717) is 0 Å². The van der Waals surface area contributed by atoms with Crippen molar-refractivity contribution in [2.24, 2.45) is 5.41 Å². The van der Waals surface area contributed by atoms with Crippen molar-refractivity contribution in [3.63, 3.8) is 0 Å². The van der Waals surface area contributed by atoms with Crippen LogP contribution < -0.4 is 0 Å². The Morgan fingerprint density at radius 3 is 2.30 bits per heavy atom. The minimum Gasteiger partial charge on any atom is -0.479 e. The number of morpholine rings is 1. The highest BCUT2D eigenvalue weighted by atomic mass is 19.4. The van der Waals surface area contributed by atoms with E-state index in [2.05, 4.69) is 0 Å². The molecule has 0 spiro atoms. The highest BCUT2D eigenvalue weighted by molar-refractivity contribution is 5.79. The first-order chi connectivity index (χ1) is 8.94. The molecular formula is C12H18F3NO4. The predicted octanol–water partition coefficient (Wildman–Crippen LogP) is 1.67. The number of carbonyl (C=O) groups is 2. The van der Waals surface area contributed by atoms with Crippen LogP contribution in [-0.4, -0.2) is 53.4 Å². The lowest BCUT2D eigenvalue weighted by Gasteiger charge is -2.37. The Kier molecular flexibility index (Phi) is 4.68. The molecule has 0 aliphatic carbocycles. The zero-order chi connectivity index (χ0) is 15.7. The molecule has 20 heavy (non-hydrogen) atoms. The van der Waals surface area contributed by atoms with Crippen LogP contribution in [0.25, 0.3) is 0 Å². The summed E-state index contributed by atoms with van der Waals surface area (Å²) in [5.74, 6) is -1.95. The maximum atomic E-state index is 12.8. The smallest absolute Gasteiger partial charge is 0.394 e. The first-order valence-corrected chi connectivity index (χ1v) is 6.17. The molecule has 1 amide bonds. The molecule has 8 heteroatoms. The molecule has 0 aromatic heterocycles. The lowest BCUT2D eigenvalue weighted by molar-refractivity contribution is -0.216. The van der Waals surface area contributed by atoms with E-state index in [9.17, 15) is 22.8 Å². The van der Waals surface area contributed by atoms with Gasteiger partial charge in [0.2, 0.25) is 5.91 Å². The summed E-state index contributed by atoms with van der Waals surface area (Å²) in [7, 11) is 0. The van der Waals surface area contributed by atoms with Gasteiger partial charge in [0.15, 0.2) is 6.10 Å². The zero-order valence-corrected chi connectivity index (χ0v) is 11.5. The van der Waals surface area contributed by atoms with Gasteiger partial charge in [0.05, 0.1) is 18.1 Å². The molecule has 0 saturated carbocycles. The van der Waals surface area contributed by atoms with Crippen LogP contribution in [0.15, 0.2) is 0 Å². The van der Waals surface area contributed by atoms with Crippen molar-refractivity contribution in [2.45, 2.75) is 45.6 Å². The number of aliphatic carboxylic acids is 1. The van der Waals surface area contributed by atoms with Crippen LogP contribution in [0.5, 0.6) is 0 Å². The molecular weight excluding hydrogens is 279 g/mol. The second-order valence-corrected chi connectivity index (χ2v) is 5.63. The Morgan fingerprint density at radius 2 is 1.85 bits per heavy atom. The number of hydrogen-bond acceptors (Lipinski definition) is 3. The van der Waals surface area contributed by atoms with Crippen molar-refractivity contribution in [1.82, 2.24) is 4.90 Å². The average Bonchev–Trinajstić information content (AvgIpc) is 2.25. The van der Waals surface area contributed by atoms with Crippen LogP contribution in [0.2, 0.25) is 0 Å². The first kappa shape index (κ1) is 16.7. The monoisotopic (exact) mass is 297 g/mol. The van der Waals surface area contributed by atoms with Crippen LogP contribution in [-0.2, 0) is 14.3 Å². The average molecular weight is 297 g/mol. The third kappa shape index (κ3) is 3.84. The highest BCUT2D eigenvalue weighted by Gasteiger charge is 2.49. The summed E-state index contributed by atoms with van der Waals surface area (Å²) in [6, 6.07) is 0. The van der Waals surface area contributed by atoms with Crippen LogP contribution in [0, 0.1) is 5.41 Å². The summed E-state index contributed by atoms with van der Waals surface area (Å²) in [6.45, 7) is 3.33. The number of ether oxygens (including phenoxy) is 1. The summed E-state index contributed by atoms with van der Waals surface area (Å²) in [4.78, 5) is 23.9. The molecule has 1 heterocycles. The predicted molar refractivity (Wildman–Crippen MR) is 63.0 cm³/mol. The molecule has 0 aromatic rings. The Labute approximate surface area is 114 Å². The van der Waals surface area contributed by atoms with Gasteiger partial charge in [-0.1, -0.05) is 13.8 Å². The van der Waals surface area contributed by atoms with Gasteiger partial charge >= 0.3 is 12.1 Å². The maximum absolute atomic E-state index is 12.8. The van der Waals surface area contributed by atoms with Gasteiger partial charge in [0.1, 0.15) is 0 Å². The van der Waals surface area contributed by atoms with Gasteiger partial charge in [-0.05, 0) is 6.92 Å². The number of halogens is 3. The number of rotatable bonds is 3. The van der Waals surface area contributed by atoms with E-state index in [1.54, 1.807) is 6.92 Å². The van der Waals surface area contributed by atoms with Crippen LogP contribution in [0.3, 0.4) is 0 Å². The summed E-state index contributed by atoms with van der Waals surface area (Å²) in [5.41, 5.74) is -2.15. The molecule has 1 aliphatic rings. The van der Waals surface area contributed by atoms with E-state index >= 15 is 0 Å². The van der Waals surface area contributed by atoms with E-state index in [-0.39, 0.29) is 13.1 Å². The van der Waals surface area contributed by atoms with Crippen LogP contribution in [0.4, 0.5) is 13.2 Å². The van der Waals surface area contributed by atoms with Gasteiger partial charge in [0.25, 0.3) is 0 Å². The zero-order valence-electron chi connectivity index (χ0n) is 11.5. The molecule has 5 nitrogen and oxygen atoms in total. The standard InChI is InChI=1S/C12H18F3NO4/c1-7-5-16(6-8(20-7)10(18)19)9(17)4-11(2,3)12(13,14)15/h7-8H,4-6H2,1-3H3,(H,18,19)/t7-,8?/m1/s1. The van der Waals surface area contributed by atoms with Gasteiger partial charge in [-0.25, -0.2) is 4.79 Å². The fourth-order valence-electron chi connectivity index (χ4n) is 1.88. The lowest BCUT2D eigenvalue weighted by Crippen LogP contribution is -2.53. The normalized spacial score (nSPS) is 24.6. The molecule has 116 valence electrons. The second-order valence-electron chi connectivity index (χ2n) is 5.63. The van der Waals surface area contributed by atoms with Crippen LogP contribution >= 0.6 is 0 Å². The summed E-state index contributed by atoms with van der Waals surface area (Å²) < 4.78 is 43.4. The molecule has 0 aromatic carbocycles. The minimum atomic E-state index is -4.49. The third-order valence-corrected chi connectivity index (χ3v) is 3.25. The van der Waals surface area contributed by atoms with Gasteiger partial charge < -0.3 is 14.7 Å². The lowest BCUT2D eigenvalue weighted by atomic mass is 9.88. The highest BCUT2D eigenvalue weighted by Crippen LogP contribution is 2.40. The maximum Gasteiger partial charge on any atom is 0.394 e. The number of amides is 1. The van der Waals surface area contributed by atoms with Crippen LogP contribution in [0.1, 0.15) is 27.2 Å². The minimum absolute atomic E-state index is 0.0938. The molecule has 2 atom stereocenters. The molecule has 1 unspecified atom stereocenters. The van der Waals surface area contributed by atoms with Crippen molar-refractivity contribution >= 4 is 11.9 Å². The second kappa shape index (κ2) is 5.59. The van der Waals surface area contributed by atoms with Gasteiger partial charge in [-0.3, -0.25) is 4.79 Å². The van der Waals surface area contributed by atoms with Crippen molar-refractivity contribution in [2.75, 3.05) is 13.1 Å². The van der Waals surface area contributed by atoms with Crippen molar-refractivity contribution in [3.05, 3.63) is 0 Å². The Hall–Kier alpha value is -1.31. The number of hydrogen-bond donors (Lipinski definition) is 1. The van der Waals surface area contributed by atoms with E-state index < -0.39 is 42.1 Å². The Balaban J connectivity index is 2.74. The van der Waals surface area contributed by atoms with Gasteiger partial charge in [0, 0.05) is 13.0 Å². The Bertz CT molecular complexity index is 395. The van der Waals surface area contributed by atoms with Crippen molar-refractivity contribution in [3.8, 4) is 0 Å². The third-order valence-electron chi connectivity index (χ3n) is 3.25. The van der Waals surface area contributed by atoms with E-state index in [0.717, 1.165) is 18.7 Å². The molecule has 0 radical (unpaired) electrons. The molecule has 1 saturated heterocycles. The number of alkyl halides is 3. The quantitative estimate of drug-likeness (QED) is 0.860. The summed E-state index contributed by atoms with van der Waals surface area (Å²) in [6.07, 6.45) is -6.93. The van der Waals surface area contributed by atoms with E-state index in [4.69, 9.17) is 9.84 Å². The number of nitrogens with zero attached hydrogens (tertiary/aromatic N) is 1. The fourth-order valence-corrected chi connectivity index (χ4v) is 1.88. The largest absolute Gasteiger partial charge is 0.479 e.